The molecule has 4 aromatic rings. The second-order valence-electron chi connectivity index (χ2n) is 6.75. The predicted molar refractivity (Wildman–Crippen MR) is 111 cm³/mol. The van der Waals surface area contributed by atoms with Gasteiger partial charge in [-0.05, 0) is 42.0 Å². The highest BCUT2D eigenvalue weighted by Crippen LogP contribution is 2.26. The molecule has 0 unspecified atom stereocenters. The minimum absolute atomic E-state index is 0.207. The molecule has 31 heavy (non-hydrogen) atoms. The Hall–Kier alpha value is -4.20. The molecule has 6 nitrogen and oxygen atoms in total. The Morgan fingerprint density at radius 1 is 0.968 bits per heavy atom. The van der Waals surface area contributed by atoms with Gasteiger partial charge in [-0.2, -0.15) is 0 Å². The number of ketones is 1. The van der Waals surface area contributed by atoms with E-state index in [-0.39, 0.29) is 17.8 Å². The summed E-state index contributed by atoms with van der Waals surface area (Å²) < 4.78 is 28.7. The zero-order valence-corrected chi connectivity index (χ0v) is 16.1. The van der Waals surface area contributed by atoms with Crippen LogP contribution >= 0.6 is 0 Å². The van der Waals surface area contributed by atoms with Crippen molar-refractivity contribution >= 4 is 17.4 Å². The zero-order chi connectivity index (χ0) is 21.8. The van der Waals surface area contributed by atoms with Crippen molar-refractivity contribution in [3.05, 3.63) is 96.3 Å². The number of halogens is 2. The molecule has 0 spiro atoms. The first kappa shape index (κ1) is 20.1. The van der Waals surface area contributed by atoms with Gasteiger partial charge in [-0.15, -0.1) is 5.10 Å². The van der Waals surface area contributed by atoms with Crippen molar-refractivity contribution in [3.8, 4) is 16.8 Å². The third kappa shape index (κ3) is 4.69. The van der Waals surface area contributed by atoms with Crippen LogP contribution in [0.25, 0.3) is 16.8 Å². The van der Waals surface area contributed by atoms with Crippen molar-refractivity contribution in [1.82, 2.24) is 15.0 Å². The largest absolute Gasteiger partial charge is 0.326 e. The van der Waals surface area contributed by atoms with Crippen LogP contribution in [0.4, 0.5) is 14.5 Å². The molecule has 0 bridgehead atoms. The van der Waals surface area contributed by atoms with E-state index in [0.717, 1.165) is 12.1 Å². The van der Waals surface area contributed by atoms with Gasteiger partial charge in [-0.1, -0.05) is 29.5 Å². The number of carbonyl (C=O) groups is 2. The standard InChI is InChI=1S/C23H16F2N4O2/c24-17-7-8-20(21(25)13-17)15-3-1-5-18(11-15)27-23(31)14-22(30)16-4-2-6-19(12-16)29-10-9-26-28-29/h1-13H,14H2,(H,27,31). The summed E-state index contributed by atoms with van der Waals surface area (Å²) in [6, 6.07) is 16.5. The highest BCUT2D eigenvalue weighted by atomic mass is 19.1. The van der Waals surface area contributed by atoms with Crippen LogP contribution in [0.1, 0.15) is 16.8 Å². The van der Waals surface area contributed by atoms with E-state index in [1.54, 1.807) is 54.7 Å². The number of carbonyl (C=O) groups excluding carboxylic acids is 2. The van der Waals surface area contributed by atoms with Gasteiger partial charge in [0, 0.05) is 22.9 Å². The number of rotatable bonds is 6. The summed E-state index contributed by atoms with van der Waals surface area (Å²) >= 11 is 0. The molecule has 0 radical (unpaired) electrons. The van der Waals surface area contributed by atoms with E-state index in [4.69, 9.17) is 0 Å². The average Bonchev–Trinajstić information content (AvgIpc) is 3.29. The Morgan fingerprint density at radius 2 is 1.81 bits per heavy atom. The van der Waals surface area contributed by atoms with Crippen molar-refractivity contribution in [2.75, 3.05) is 5.32 Å². The van der Waals surface area contributed by atoms with Gasteiger partial charge in [0.15, 0.2) is 5.78 Å². The molecule has 8 heteroatoms. The molecule has 0 fully saturated rings. The number of amides is 1. The van der Waals surface area contributed by atoms with Crippen molar-refractivity contribution in [3.63, 3.8) is 0 Å². The van der Waals surface area contributed by atoms with E-state index in [0.29, 0.717) is 22.5 Å². The summed E-state index contributed by atoms with van der Waals surface area (Å²) in [5.74, 6) is -2.24. The van der Waals surface area contributed by atoms with Gasteiger partial charge in [0.2, 0.25) is 5.91 Å². The van der Waals surface area contributed by atoms with Crippen molar-refractivity contribution in [2.24, 2.45) is 0 Å². The maximum Gasteiger partial charge on any atom is 0.232 e. The number of Topliss-reactive ketones (excluding diaryl/α,β-unsaturated/α-hetero) is 1. The maximum atomic E-state index is 14.0. The van der Waals surface area contributed by atoms with Gasteiger partial charge < -0.3 is 5.32 Å². The van der Waals surface area contributed by atoms with E-state index < -0.39 is 17.5 Å². The molecule has 1 amide bonds. The summed E-state index contributed by atoms with van der Waals surface area (Å²) in [5, 5.41) is 10.2. The van der Waals surface area contributed by atoms with Crippen LogP contribution in [-0.4, -0.2) is 26.7 Å². The molecular formula is C23H16F2N4O2. The van der Waals surface area contributed by atoms with E-state index in [2.05, 4.69) is 15.6 Å². The highest BCUT2D eigenvalue weighted by Gasteiger charge is 2.14. The molecule has 0 atom stereocenters. The first-order valence-electron chi connectivity index (χ1n) is 9.35. The zero-order valence-electron chi connectivity index (χ0n) is 16.1. The van der Waals surface area contributed by atoms with Crippen LogP contribution in [0, 0.1) is 11.6 Å². The van der Waals surface area contributed by atoms with Gasteiger partial charge in [0.1, 0.15) is 11.6 Å². The molecule has 0 saturated carbocycles. The molecule has 1 aromatic heterocycles. The van der Waals surface area contributed by atoms with Crippen LogP contribution in [0.2, 0.25) is 0 Å². The minimum Gasteiger partial charge on any atom is -0.326 e. The first-order chi connectivity index (χ1) is 15.0. The molecule has 1 N–H and O–H groups in total. The number of aromatic nitrogens is 3. The van der Waals surface area contributed by atoms with Crippen molar-refractivity contribution < 1.29 is 18.4 Å². The van der Waals surface area contributed by atoms with Gasteiger partial charge in [0.25, 0.3) is 0 Å². The number of nitrogens with one attached hydrogen (secondary N) is 1. The topological polar surface area (TPSA) is 76.9 Å². The average molecular weight is 418 g/mol. The van der Waals surface area contributed by atoms with Crippen LogP contribution in [-0.2, 0) is 4.79 Å². The number of benzene rings is 3. The molecule has 0 aliphatic carbocycles. The fourth-order valence-corrected chi connectivity index (χ4v) is 3.11. The monoisotopic (exact) mass is 418 g/mol. The summed E-state index contributed by atoms with van der Waals surface area (Å²) in [6.45, 7) is 0. The molecule has 4 rings (SSSR count). The summed E-state index contributed by atoms with van der Waals surface area (Å²) in [7, 11) is 0. The highest BCUT2D eigenvalue weighted by molar-refractivity contribution is 6.11. The second-order valence-corrected chi connectivity index (χ2v) is 6.75. The lowest BCUT2D eigenvalue weighted by molar-refractivity contribution is -0.115. The number of anilines is 1. The Labute approximate surface area is 176 Å². The molecule has 1 heterocycles. The third-order valence-electron chi connectivity index (χ3n) is 4.56. The quantitative estimate of drug-likeness (QED) is 0.371. The number of hydrogen-bond donors (Lipinski definition) is 1. The van der Waals surface area contributed by atoms with E-state index >= 15 is 0 Å². The molecule has 0 aliphatic heterocycles. The normalized spacial score (nSPS) is 10.6. The molecular weight excluding hydrogens is 402 g/mol. The third-order valence-corrected chi connectivity index (χ3v) is 4.56. The predicted octanol–water partition coefficient (Wildman–Crippen LogP) is 4.42. The maximum absolute atomic E-state index is 14.0. The van der Waals surface area contributed by atoms with Crippen LogP contribution in [0.15, 0.2) is 79.1 Å². The van der Waals surface area contributed by atoms with Gasteiger partial charge in [-0.25, -0.2) is 13.5 Å². The lowest BCUT2D eigenvalue weighted by atomic mass is 10.0. The van der Waals surface area contributed by atoms with Crippen molar-refractivity contribution in [2.45, 2.75) is 6.42 Å². The van der Waals surface area contributed by atoms with Crippen LogP contribution in [0.5, 0.6) is 0 Å². The second kappa shape index (κ2) is 8.66. The fourth-order valence-electron chi connectivity index (χ4n) is 3.11. The van der Waals surface area contributed by atoms with E-state index in [1.807, 2.05) is 0 Å². The van der Waals surface area contributed by atoms with Gasteiger partial charge in [-0.3, -0.25) is 9.59 Å². The Morgan fingerprint density at radius 3 is 2.58 bits per heavy atom. The first-order valence-corrected chi connectivity index (χ1v) is 9.35. The molecule has 0 saturated heterocycles. The fraction of sp³-hybridized carbons (Fsp3) is 0.0435. The van der Waals surface area contributed by atoms with E-state index in [1.165, 1.54) is 16.9 Å². The molecule has 0 aliphatic rings. The van der Waals surface area contributed by atoms with Crippen LogP contribution < -0.4 is 5.32 Å². The SMILES string of the molecule is O=C(CC(=O)c1cccc(-n2ccnn2)c1)Nc1cccc(-c2ccc(F)cc2F)c1. The molecule has 154 valence electrons. The summed E-state index contributed by atoms with van der Waals surface area (Å²) in [4.78, 5) is 24.9. The number of nitrogens with zero attached hydrogens (tertiary/aromatic N) is 3. The minimum atomic E-state index is -0.703. The van der Waals surface area contributed by atoms with Gasteiger partial charge >= 0.3 is 0 Å². The summed E-state index contributed by atoms with van der Waals surface area (Å²) in [5.41, 5.74) is 2.10. The van der Waals surface area contributed by atoms with Crippen LogP contribution in [0.3, 0.4) is 0 Å². The Balaban J connectivity index is 1.46. The number of hydrogen-bond acceptors (Lipinski definition) is 4. The van der Waals surface area contributed by atoms with Gasteiger partial charge in [0.05, 0.1) is 24.5 Å². The van der Waals surface area contributed by atoms with E-state index in [9.17, 15) is 18.4 Å². The Bertz CT molecular complexity index is 1260. The lowest BCUT2D eigenvalue weighted by Crippen LogP contribution is -2.16. The van der Waals surface area contributed by atoms with Crippen molar-refractivity contribution in [1.29, 1.82) is 0 Å². The smallest absolute Gasteiger partial charge is 0.232 e. The lowest BCUT2D eigenvalue weighted by Gasteiger charge is -2.09. The molecule has 3 aromatic carbocycles. The Kier molecular flexibility index (Phi) is 5.61. The summed E-state index contributed by atoms with van der Waals surface area (Å²) in [6.07, 6.45) is 2.80.